The molecule has 2 aromatic carbocycles. The Balaban J connectivity index is 1.53. The third-order valence-electron chi connectivity index (χ3n) is 7.56. The molecule has 1 saturated carbocycles. The normalized spacial score (nSPS) is 23.5. The lowest BCUT2D eigenvalue weighted by atomic mass is 9.80. The zero-order valence-corrected chi connectivity index (χ0v) is 20.5. The first-order valence-electron chi connectivity index (χ1n) is 13.0. The number of esters is 1. The smallest absolute Gasteiger partial charge is 0.341 e. The Morgan fingerprint density at radius 2 is 1.49 bits per heavy atom. The van der Waals surface area contributed by atoms with Crippen LogP contribution in [0.4, 0.5) is 17.6 Å². The molecule has 4 rings (SSSR count). The maximum atomic E-state index is 15.4. The van der Waals surface area contributed by atoms with Gasteiger partial charge in [-0.2, -0.15) is 0 Å². The predicted molar refractivity (Wildman–Crippen MR) is 129 cm³/mol. The third kappa shape index (κ3) is 5.12. The van der Waals surface area contributed by atoms with Crippen molar-refractivity contribution in [3.63, 3.8) is 0 Å². The molecule has 0 N–H and O–H groups in total. The predicted octanol–water partition coefficient (Wildman–Crippen LogP) is 8.92. The van der Waals surface area contributed by atoms with Crippen molar-refractivity contribution >= 4 is 5.97 Å². The van der Waals surface area contributed by atoms with Crippen molar-refractivity contribution in [2.24, 2.45) is 5.92 Å². The van der Waals surface area contributed by atoms with Crippen molar-refractivity contribution in [2.45, 2.75) is 96.5 Å². The van der Waals surface area contributed by atoms with E-state index in [0.717, 1.165) is 25.7 Å². The van der Waals surface area contributed by atoms with Crippen LogP contribution >= 0.6 is 0 Å². The molecule has 2 unspecified atom stereocenters. The molecule has 0 amide bonds. The molecule has 0 aliphatic heterocycles. The Kier molecular flexibility index (Phi) is 8.18. The van der Waals surface area contributed by atoms with Gasteiger partial charge in [0.15, 0.2) is 12.3 Å². The molecule has 2 aliphatic carbocycles. The van der Waals surface area contributed by atoms with Crippen LogP contribution in [0.1, 0.15) is 111 Å². The van der Waals surface area contributed by atoms with Gasteiger partial charge >= 0.3 is 5.97 Å². The van der Waals surface area contributed by atoms with Crippen LogP contribution in [0.3, 0.4) is 0 Å². The van der Waals surface area contributed by atoms with E-state index in [4.69, 9.17) is 4.74 Å². The van der Waals surface area contributed by atoms with Crippen molar-refractivity contribution in [2.75, 3.05) is 0 Å². The number of rotatable bonds is 8. The van der Waals surface area contributed by atoms with Crippen LogP contribution in [0.15, 0.2) is 24.3 Å². The van der Waals surface area contributed by atoms with Crippen LogP contribution in [0.2, 0.25) is 0 Å². The molecule has 2 aliphatic rings. The van der Waals surface area contributed by atoms with Crippen LogP contribution in [-0.4, -0.2) is 12.1 Å². The first kappa shape index (κ1) is 25.7. The van der Waals surface area contributed by atoms with E-state index in [9.17, 15) is 9.18 Å². The van der Waals surface area contributed by atoms with Gasteiger partial charge < -0.3 is 4.74 Å². The fraction of sp³-hybridized carbons (Fsp3) is 0.552. The lowest BCUT2D eigenvalue weighted by Crippen LogP contribution is -2.25. The molecule has 0 aromatic heterocycles. The monoisotopic (exact) mass is 490 g/mol. The van der Waals surface area contributed by atoms with Gasteiger partial charge in [-0.3, -0.25) is 0 Å². The number of carbonyl (C=O) groups is 1. The number of carbonyl (C=O) groups excluding carboxylic acids is 1. The largest absolute Gasteiger partial charge is 0.459 e. The summed E-state index contributed by atoms with van der Waals surface area (Å²) in [5, 5.41) is 0. The fourth-order valence-electron chi connectivity index (χ4n) is 5.59. The van der Waals surface area contributed by atoms with E-state index >= 15 is 13.2 Å². The molecule has 35 heavy (non-hydrogen) atoms. The highest BCUT2D eigenvalue weighted by molar-refractivity contribution is 5.92. The molecule has 2 atom stereocenters. The summed E-state index contributed by atoms with van der Waals surface area (Å²) in [6.07, 6.45) is 4.16. The molecule has 0 bridgehead atoms. The molecular weight excluding hydrogens is 456 g/mol. The maximum absolute atomic E-state index is 15.4. The highest BCUT2D eigenvalue weighted by Gasteiger charge is 2.40. The van der Waals surface area contributed by atoms with Gasteiger partial charge in [0.25, 0.3) is 0 Å². The molecule has 0 saturated heterocycles. The second-order valence-electron chi connectivity index (χ2n) is 9.99. The number of halogens is 4. The lowest BCUT2D eigenvalue weighted by molar-refractivity contribution is 0.0155. The summed E-state index contributed by atoms with van der Waals surface area (Å²) < 4.78 is 66.2. The van der Waals surface area contributed by atoms with E-state index in [1.807, 2.05) is 6.92 Å². The summed E-state index contributed by atoms with van der Waals surface area (Å²) in [5.74, 6) is -2.14. The van der Waals surface area contributed by atoms with Crippen LogP contribution in [0, 0.1) is 17.6 Å². The van der Waals surface area contributed by atoms with Gasteiger partial charge in [-0.25, -0.2) is 22.4 Å². The Morgan fingerprint density at radius 1 is 0.857 bits per heavy atom. The van der Waals surface area contributed by atoms with Gasteiger partial charge in [-0.15, -0.1) is 0 Å². The average Bonchev–Trinajstić information content (AvgIpc) is 2.85. The van der Waals surface area contributed by atoms with E-state index in [1.54, 1.807) is 0 Å². The number of benzene rings is 2. The van der Waals surface area contributed by atoms with Crippen LogP contribution in [0.25, 0.3) is 11.1 Å². The van der Waals surface area contributed by atoms with Gasteiger partial charge in [0, 0.05) is 11.1 Å². The van der Waals surface area contributed by atoms with Gasteiger partial charge in [0.05, 0.1) is 5.56 Å². The van der Waals surface area contributed by atoms with Crippen molar-refractivity contribution in [3.05, 3.63) is 58.2 Å². The standard InChI is InChI=1S/C29H34F4O2/c1-3-5-6-8-17-9-12-19(13-10-17)35-29(34)22-16-15-21-20-14-11-18(7-4-2)25(30)23(20)27(32)28(33)24(21)26(22)31/h11,14-17,19,27-28H,3-10,12-13H2,1-2H3. The fourth-order valence-corrected chi connectivity index (χ4v) is 5.59. The Bertz CT molecular complexity index is 1060. The molecule has 2 aromatic rings. The average molecular weight is 491 g/mol. The summed E-state index contributed by atoms with van der Waals surface area (Å²) >= 11 is 0. The minimum absolute atomic E-state index is 0.0741. The Morgan fingerprint density at radius 3 is 2.11 bits per heavy atom. The van der Waals surface area contributed by atoms with Gasteiger partial charge in [0.2, 0.25) is 0 Å². The van der Waals surface area contributed by atoms with Gasteiger partial charge in [0.1, 0.15) is 17.7 Å². The molecule has 1 fully saturated rings. The number of ether oxygens (including phenoxy) is 1. The van der Waals surface area contributed by atoms with E-state index in [1.165, 1.54) is 49.9 Å². The maximum Gasteiger partial charge on any atom is 0.341 e. The molecular formula is C29H34F4O2. The third-order valence-corrected chi connectivity index (χ3v) is 7.56. The molecule has 0 heterocycles. The van der Waals surface area contributed by atoms with Crippen molar-refractivity contribution in [3.8, 4) is 11.1 Å². The summed E-state index contributed by atoms with van der Waals surface area (Å²) in [6.45, 7) is 4.05. The van der Waals surface area contributed by atoms with E-state index in [-0.39, 0.29) is 22.8 Å². The van der Waals surface area contributed by atoms with E-state index < -0.39 is 41.1 Å². The SMILES string of the molecule is CCCCCC1CCC(OC(=O)c2ccc3c(c2F)C(F)C(F)c2c-3ccc(CCC)c2F)CC1. The zero-order valence-electron chi connectivity index (χ0n) is 20.5. The first-order chi connectivity index (χ1) is 16.9. The Hall–Kier alpha value is -2.37. The number of hydrogen-bond acceptors (Lipinski definition) is 2. The second-order valence-corrected chi connectivity index (χ2v) is 9.99. The van der Waals surface area contributed by atoms with Gasteiger partial charge in [-0.05, 0) is 60.8 Å². The number of unbranched alkanes of at least 4 members (excludes halogenated alkanes) is 2. The zero-order chi connectivity index (χ0) is 25.1. The molecule has 0 spiro atoms. The lowest BCUT2D eigenvalue weighted by Gasteiger charge is -2.29. The van der Waals surface area contributed by atoms with E-state index in [2.05, 4.69) is 6.92 Å². The van der Waals surface area contributed by atoms with Crippen LogP contribution in [0.5, 0.6) is 0 Å². The van der Waals surface area contributed by atoms with E-state index in [0.29, 0.717) is 24.3 Å². The summed E-state index contributed by atoms with van der Waals surface area (Å²) in [5.41, 5.74) is -0.812. The molecule has 2 nitrogen and oxygen atoms in total. The Labute approximate surface area is 205 Å². The van der Waals surface area contributed by atoms with Crippen molar-refractivity contribution in [1.29, 1.82) is 0 Å². The highest BCUT2D eigenvalue weighted by Crippen LogP contribution is 2.51. The molecule has 190 valence electrons. The number of alkyl halides is 2. The summed E-state index contributed by atoms with van der Waals surface area (Å²) in [7, 11) is 0. The quantitative estimate of drug-likeness (QED) is 0.210. The number of fused-ring (bicyclic) bond motifs is 3. The van der Waals surface area contributed by atoms with Crippen molar-refractivity contribution in [1.82, 2.24) is 0 Å². The van der Waals surface area contributed by atoms with Crippen molar-refractivity contribution < 1.29 is 27.1 Å². The summed E-state index contributed by atoms with van der Waals surface area (Å²) in [4.78, 5) is 12.8. The minimum atomic E-state index is -2.41. The second kappa shape index (κ2) is 11.1. The van der Waals surface area contributed by atoms with Crippen LogP contribution in [-0.2, 0) is 11.2 Å². The summed E-state index contributed by atoms with van der Waals surface area (Å²) in [6, 6.07) is 5.65. The highest BCUT2D eigenvalue weighted by atomic mass is 19.2. The molecule has 6 heteroatoms. The molecule has 0 radical (unpaired) electrons. The van der Waals surface area contributed by atoms with Gasteiger partial charge in [-0.1, -0.05) is 64.2 Å². The van der Waals surface area contributed by atoms with Crippen LogP contribution < -0.4 is 0 Å². The topological polar surface area (TPSA) is 26.3 Å². The first-order valence-corrected chi connectivity index (χ1v) is 13.0. The minimum Gasteiger partial charge on any atom is -0.459 e. The number of aryl methyl sites for hydroxylation is 1. The number of hydrogen-bond donors (Lipinski definition) is 0.